The highest BCUT2D eigenvalue weighted by Gasteiger charge is 2.02. The summed E-state index contributed by atoms with van der Waals surface area (Å²) in [6.07, 6.45) is 0. The van der Waals surface area contributed by atoms with Crippen LogP contribution in [-0.2, 0) is 4.79 Å². The number of hydrogen-bond donors (Lipinski definition) is 2. The Bertz CT molecular complexity index is 105. The maximum absolute atomic E-state index is 10.7. The van der Waals surface area contributed by atoms with Crippen LogP contribution in [0, 0.1) is 0 Å². The van der Waals surface area contributed by atoms with Crippen LogP contribution in [0.2, 0.25) is 0 Å². The summed E-state index contributed by atoms with van der Waals surface area (Å²) in [4.78, 5) is 12.5. The van der Waals surface area contributed by atoms with E-state index in [1.165, 1.54) is 0 Å². The molecule has 0 rings (SSSR count). The van der Waals surface area contributed by atoms with Crippen molar-refractivity contribution < 1.29 is 4.79 Å². The van der Waals surface area contributed by atoms with Crippen molar-refractivity contribution in [2.24, 2.45) is 5.84 Å². The molecular weight excluding hydrogens is 130 g/mol. The summed E-state index contributed by atoms with van der Waals surface area (Å²) in [7, 11) is 0. The van der Waals surface area contributed by atoms with Gasteiger partial charge in [-0.1, -0.05) is 0 Å². The van der Waals surface area contributed by atoms with Gasteiger partial charge in [-0.25, -0.2) is 0 Å². The van der Waals surface area contributed by atoms with Crippen LogP contribution < -0.4 is 11.3 Å². The minimum absolute atomic E-state index is 0.0951. The molecule has 60 valence electrons. The lowest BCUT2D eigenvalue weighted by Crippen LogP contribution is -2.37. The number of hydrazine groups is 1. The molecule has 4 heteroatoms. The Kier molecular flexibility index (Phi) is 4.88. The van der Waals surface area contributed by atoms with Crippen molar-refractivity contribution in [2.45, 2.75) is 13.8 Å². The van der Waals surface area contributed by atoms with Gasteiger partial charge in [-0.15, -0.1) is 0 Å². The number of carbonyl (C=O) groups is 1. The van der Waals surface area contributed by atoms with E-state index < -0.39 is 0 Å². The molecule has 3 N–H and O–H groups in total. The van der Waals surface area contributed by atoms with Crippen LogP contribution in [0.1, 0.15) is 13.8 Å². The van der Waals surface area contributed by atoms with Crippen LogP contribution >= 0.6 is 0 Å². The molecule has 0 aromatic rings. The maximum Gasteiger partial charge on any atom is 0.219 e. The number of likely N-dealkylation sites (N-methyl/N-ethyl adjacent to an activating group) is 1. The Hall–Kier alpha value is -0.610. The van der Waals surface area contributed by atoms with Crippen molar-refractivity contribution in [2.75, 3.05) is 19.6 Å². The lowest BCUT2D eigenvalue weighted by atomic mass is 10.4. The zero-order chi connectivity index (χ0) is 7.98. The number of amides is 1. The van der Waals surface area contributed by atoms with Gasteiger partial charge in [0.05, 0.1) is 0 Å². The highest BCUT2D eigenvalue weighted by atomic mass is 16.2. The number of carbonyl (C=O) groups excluding carboxylic acids is 1. The summed E-state index contributed by atoms with van der Waals surface area (Å²) >= 11 is 0. The zero-order valence-corrected chi connectivity index (χ0v) is 6.55. The fourth-order valence-corrected chi connectivity index (χ4v) is 0.738. The summed E-state index contributed by atoms with van der Waals surface area (Å²) in [5.41, 5.74) is 2.49. The van der Waals surface area contributed by atoms with Gasteiger partial charge >= 0.3 is 0 Å². The van der Waals surface area contributed by atoms with Gasteiger partial charge in [-0.3, -0.25) is 16.1 Å². The summed E-state index contributed by atoms with van der Waals surface area (Å²) in [6.45, 7) is 5.57. The molecule has 0 aromatic carbocycles. The highest BCUT2D eigenvalue weighted by molar-refractivity contribution is 5.73. The third-order valence-electron chi connectivity index (χ3n) is 1.35. The summed E-state index contributed by atoms with van der Waals surface area (Å²) in [5, 5.41) is 0. The molecule has 0 radical (unpaired) electrons. The standard InChI is InChI=1S/C6H15N3O/c1-3-9(6(2)10)5-4-8-7/h8H,3-5,7H2,1-2H3. The second-order valence-electron chi connectivity index (χ2n) is 2.05. The topological polar surface area (TPSA) is 58.4 Å². The van der Waals surface area contributed by atoms with Gasteiger partial charge in [0, 0.05) is 26.6 Å². The predicted molar refractivity (Wildman–Crippen MR) is 40.1 cm³/mol. The van der Waals surface area contributed by atoms with Crippen LogP contribution in [0.5, 0.6) is 0 Å². The van der Waals surface area contributed by atoms with Gasteiger partial charge in [-0.05, 0) is 6.92 Å². The number of nitrogens with zero attached hydrogens (tertiary/aromatic N) is 1. The van der Waals surface area contributed by atoms with Crippen LogP contribution in [0.3, 0.4) is 0 Å². The molecule has 4 nitrogen and oxygen atoms in total. The smallest absolute Gasteiger partial charge is 0.219 e. The minimum atomic E-state index is 0.0951. The molecule has 10 heavy (non-hydrogen) atoms. The number of nitrogens with two attached hydrogens (primary N) is 1. The summed E-state index contributed by atoms with van der Waals surface area (Å²) < 4.78 is 0. The number of rotatable bonds is 4. The fraction of sp³-hybridized carbons (Fsp3) is 0.833. The quantitative estimate of drug-likeness (QED) is 0.407. The SMILES string of the molecule is CCN(CCNN)C(C)=O. The lowest BCUT2D eigenvalue weighted by molar-refractivity contribution is -0.128. The third kappa shape index (κ3) is 3.42. The van der Waals surface area contributed by atoms with Gasteiger partial charge in [0.15, 0.2) is 0 Å². The van der Waals surface area contributed by atoms with Gasteiger partial charge in [0.2, 0.25) is 5.91 Å². The average Bonchev–Trinajstić information content (AvgIpc) is 1.89. The molecule has 0 fully saturated rings. The minimum Gasteiger partial charge on any atom is -0.342 e. The molecule has 0 spiro atoms. The first-order chi connectivity index (χ1) is 4.72. The second-order valence-corrected chi connectivity index (χ2v) is 2.05. The zero-order valence-electron chi connectivity index (χ0n) is 6.55. The maximum atomic E-state index is 10.7. The van der Waals surface area contributed by atoms with E-state index in [4.69, 9.17) is 5.84 Å². The van der Waals surface area contributed by atoms with Gasteiger partial charge in [-0.2, -0.15) is 0 Å². The monoisotopic (exact) mass is 145 g/mol. The third-order valence-corrected chi connectivity index (χ3v) is 1.35. The van der Waals surface area contributed by atoms with Crippen molar-refractivity contribution in [3.05, 3.63) is 0 Å². The Labute approximate surface area is 61.3 Å². The van der Waals surface area contributed by atoms with Gasteiger partial charge < -0.3 is 4.90 Å². The van der Waals surface area contributed by atoms with Gasteiger partial charge in [0.1, 0.15) is 0 Å². The van der Waals surface area contributed by atoms with Crippen molar-refractivity contribution in [1.29, 1.82) is 0 Å². The van der Waals surface area contributed by atoms with Crippen molar-refractivity contribution in [1.82, 2.24) is 10.3 Å². The predicted octanol–water partition coefficient (Wildman–Crippen LogP) is -0.682. The van der Waals surface area contributed by atoms with Crippen LogP contribution in [-0.4, -0.2) is 30.4 Å². The average molecular weight is 145 g/mol. The molecule has 0 aliphatic rings. The number of nitrogens with one attached hydrogen (secondary N) is 1. The van der Waals surface area contributed by atoms with Crippen LogP contribution in [0.15, 0.2) is 0 Å². The Morgan fingerprint density at radius 1 is 1.70 bits per heavy atom. The van der Waals surface area contributed by atoms with Crippen LogP contribution in [0.25, 0.3) is 0 Å². The first kappa shape index (κ1) is 9.39. The molecular formula is C6H15N3O. The molecule has 0 saturated carbocycles. The molecule has 0 heterocycles. The Balaban J connectivity index is 3.50. The summed E-state index contributed by atoms with van der Waals surface area (Å²) in [5.74, 6) is 5.14. The Morgan fingerprint density at radius 2 is 2.30 bits per heavy atom. The summed E-state index contributed by atoms with van der Waals surface area (Å²) in [6, 6.07) is 0. The molecule has 0 aliphatic heterocycles. The van der Waals surface area contributed by atoms with Gasteiger partial charge in [0.25, 0.3) is 0 Å². The highest BCUT2D eigenvalue weighted by Crippen LogP contribution is 1.85. The lowest BCUT2D eigenvalue weighted by Gasteiger charge is -2.17. The van der Waals surface area contributed by atoms with E-state index in [-0.39, 0.29) is 5.91 Å². The van der Waals surface area contributed by atoms with Crippen molar-refractivity contribution in [3.63, 3.8) is 0 Å². The molecule has 0 saturated heterocycles. The van der Waals surface area contributed by atoms with E-state index in [2.05, 4.69) is 5.43 Å². The fourth-order valence-electron chi connectivity index (χ4n) is 0.738. The first-order valence-corrected chi connectivity index (χ1v) is 3.41. The van der Waals surface area contributed by atoms with E-state index in [9.17, 15) is 4.79 Å². The van der Waals surface area contributed by atoms with E-state index >= 15 is 0 Å². The Morgan fingerprint density at radius 3 is 2.60 bits per heavy atom. The largest absolute Gasteiger partial charge is 0.342 e. The number of hydrogen-bond acceptors (Lipinski definition) is 3. The van der Waals surface area contributed by atoms with E-state index in [1.807, 2.05) is 6.92 Å². The molecule has 0 bridgehead atoms. The van der Waals surface area contributed by atoms with Crippen molar-refractivity contribution >= 4 is 5.91 Å². The molecule has 0 aromatic heterocycles. The molecule has 0 aliphatic carbocycles. The van der Waals surface area contributed by atoms with E-state index in [0.717, 1.165) is 6.54 Å². The first-order valence-electron chi connectivity index (χ1n) is 3.41. The normalized spacial score (nSPS) is 9.50. The van der Waals surface area contributed by atoms with Crippen LogP contribution in [0.4, 0.5) is 0 Å². The molecule has 1 amide bonds. The molecule has 0 unspecified atom stereocenters. The molecule has 0 atom stereocenters. The van der Waals surface area contributed by atoms with E-state index in [1.54, 1.807) is 11.8 Å². The van der Waals surface area contributed by atoms with E-state index in [0.29, 0.717) is 13.1 Å². The van der Waals surface area contributed by atoms with Crippen molar-refractivity contribution in [3.8, 4) is 0 Å². The second kappa shape index (κ2) is 5.20.